The molecule has 0 amide bonds. The van der Waals surface area contributed by atoms with Crippen LogP contribution in [0.1, 0.15) is 0 Å². The Morgan fingerprint density at radius 3 is 2.73 bits per heavy atom. The fraction of sp³-hybridized carbons (Fsp3) is 0.143. The molecule has 1 rings (SSSR count). The molecule has 11 heavy (non-hydrogen) atoms. The molecular formula is C7H9ClN2O. The number of hydrogen-bond donors (Lipinski definition) is 3. The number of rotatable bonds is 1. The average molecular weight is 173 g/mol. The van der Waals surface area contributed by atoms with Crippen LogP contribution in [0.2, 0.25) is 5.02 Å². The van der Waals surface area contributed by atoms with Gasteiger partial charge >= 0.3 is 0 Å². The molecular weight excluding hydrogens is 164 g/mol. The van der Waals surface area contributed by atoms with Crippen molar-refractivity contribution in [3.63, 3.8) is 0 Å². The van der Waals surface area contributed by atoms with E-state index in [9.17, 15) is 5.11 Å². The highest BCUT2D eigenvalue weighted by atomic mass is 35.5. The van der Waals surface area contributed by atoms with E-state index in [1.54, 1.807) is 13.1 Å². The molecule has 0 heterocycles. The Morgan fingerprint density at radius 2 is 2.18 bits per heavy atom. The van der Waals surface area contributed by atoms with Crippen LogP contribution in [0.15, 0.2) is 12.1 Å². The molecule has 4 heteroatoms. The summed E-state index contributed by atoms with van der Waals surface area (Å²) in [7, 11) is 1.69. The van der Waals surface area contributed by atoms with Crippen molar-refractivity contribution in [3.05, 3.63) is 17.2 Å². The van der Waals surface area contributed by atoms with Gasteiger partial charge in [0.05, 0.1) is 11.4 Å². The van der Waals surface area contributed by atoms with Gasteiger partial charge in [-0.15, -0.1) is 0 Å². The van der Waals surface area contributed by atoms with Crippen LogP contribution in [-0.2, 0) is 0 Å². The van der Waals surface area contributed by atoms with Crippen LogP contribution in [0.4, 0.5) is 11.4 Å². The zero-order valence-corrected chi connectivity index (χ0v) is 6.81. The van der Waals surface area contributed by atoms with Crippen molar-refractivity contribution < 1.29 is 5.11 Å². The number of hydrogen-bond acceptors (Lipinski definition) is 3. The summed E-state index contributed by atoms with van der Waals surface area (Å²) in [6.45, 7) is 0. The zero-order valence-electron chi connectivity index (χ0n) is 6.06. The van der Waals surface area contributed by atoms with Crippen LogP contribution in [0.25, 0.3) is 0 Å². The van der Waals surface area contributed by atoms with E-state index in [-0.39, 0.29) is 11.4 Å². The number of nitrogen functional groups attached to an aromatic ring is 1. The number of phenols is 1. The molecule has 0 radical (unpaired) electrons. The lowest BCUT2D eigenvalue weighted by atomic mass is 10.2. The fourth-order valence-electron chi connectivity index (χ4n) is 0.811. The second-order valence-corrected chi connectivity index (χ2v) is 2.58. The Balaban J connectivity index is 3.24. The van der Waals surface area contributed by atoms with Gasteiger partial charge in [0.25, 0.3) is 0 Å². The molecule has 0 bridgehead atoms. The normalized spacial score (nSPS) is 9.64. The first-order chi connectivity index (χ1) is 5.15. The molecule has 1 aromatic rings. The summed E-state index contributed by atoms with van der Waals surface area (Å²) in [6.07, 6.45) is 0. The lowest BCUT2D eigenvalue weighted by Gasteiger charge is -2.06. The molecule has 0 aliphatic carbocycles. The van der Waals surface area contributed by atoms with Crippen molar-refractivity contribution in [2.45, 2.75) is 0 Å². The number of anilines is 2. The number of phenolic OH excluding ortho intramolecular Hbond substituents is 1. The van der Waals surface area contributed by atoms with E-state index in [1.807, 2.05) is 0 Å². The van der Waals surface area contributed by atoms with E-state index in [1.165, 1.54) is 6.07 Å². The van der Waals surface area contributed by atoms with E-state index in [0.717, 1.165) is 0 Å². The van der Waals surface area contributed by atoms with E-state index in [2.05, 4.69) is 5.32 Å². The minimum absolute atomic E-state index is 0.0388. The van der Waals surface area contributed by atoms with Crippen molar-refractivity contribution in [2.75, 3.05) is 18.1 Å². The van der Waals surface area contributed by atoms with Crippen molar-refractivity contribution >= 4 is 23.0 Å². The number of nitrogens with one attached hydrogen (secondary N) is 1. The monoisotopic (exact) mass is 172 g/mol. The summed E-state index contributed by atoms with van der Waals surface area (Å²) in [6, 6.07) is 3.10. The van der Waals surface area contributed by atoms with Gasteiger partial charge in [-0.25, -0.2) is 0 Å². The predicted molar refractivity (Wildman–Crippen MR) is 47.1 cm³/mol. The SMILES string of the molecule is CNc1cc(Cl)cc(N)c1O. The number of benzene rings is 1. The minimum atomic E-state index is 0.0388. The van der Waals surface area contributed by atoms with Crippen molar-refractivity contribution in [2.24, 2.45) is 0 Å². The van der Waals surface area contributed by atoms with Gasteiger partial charge < -0.3 is 16.2 Å². The van der Waals surface area contributed by atoms with Gasteiger partial charge in [0.2, 0.25) is 0 Å². The highest BCUT2D eigenvalue weighted by molar-refractivity contribution is 6.31. The Kier molecular flexibility index (Phi) is 2.10. The third kappa shape index (κ3) is 1.49. The number of halogens is 1. The average Bonchev–Trinajstić information content (AvgIpc) is 1.96. The maximum Gasteiger partial charge on any atom is 0.161 e. The molecule has 0 aliphatic heterocycles. The molecule has 0 aliphatic rings. The quantitative estimate of drug-likeness (QED) is 0.446. The Hall–Kier alpha value is -1.09. The molecule has 0 spiro atoms. The van der Waals surface area contributed by atoms with E-state index in [0.29, 0.717) is 10.7 Å². The molecule has 0 atom stereocenters. The Labute approximate surface area is 69.8 Å². The van der Waals surface area contributed by atoms with Crippen LogP contribution in [0.3, 0.4) is 0 Å². The zero-order chi connectivity index (χ0) is 8.43. The van der Waals surface area contributed by atoms with Crippen LogP contribution in [0, 0.1) is 0 Å². The first-order valence-corrected chi connectivity index (χ1v) is 3.48. The van der Waals surface area contributed by atoms with Crippen molar-refractivity contribution in [1.82, 2.24) is 0 Å². The smallest absolute Gasteiger partial charge is 0.161 e. The molecule has 4 N–H and O–H groups in total. The molecule has 0 fully saturated rings. The highest BCUT2D eigenvalue weighted by Gasteiger charge is 2.03. The largest absolute Gasteiger partial charge is 0.504 e. The molecule has 0 aromatic heterocycles. The highest BCUT2D eigenvalue weighted by Crippen LogP contribution is 2.32. The van der Waals surface area contributed by atoms with Crippen LogP contribution in [0.5, 0.6) is 5.75 Å². The molecule has 1 aromatic carbocycles. The molecule has 0 saturated heterocycles. The summed E-state index contributed by atoms with van der Waals surface area (Å²) in [4.78, 5) is 0. The predicted octanol–water partition coefficient (Wildman–Crippen LogP) is 1.67. The van der Waals surface area contributed by atoms with E-state index < -0.39 is 0 Å². The van der Waals surface area contributed by atoms with E-state index in [4.69, 9.17) is 17.3 Å². The molecule has 0 saturated carbocycles. The molecule has 60 valence electrons. The summed E-state index contributed by atoms with van der Waals surface area (Å²) in [5.74, 6) is 0.0388. The van der Waals surface area contributed by atoms with Gasteiger partial charge in [-0.05, 0) is 12.1 Å². The Bertz CT molecular complexity index is 275. The Morgan fingerprint density at radius 1 is 1.55 bits per heavy atom. The standard InChI is InChI=1S/C7H9ClN2O/c1-10-6-3-4(8)2-5(9)7(6)11/h2-3,10-11H,9H2,1H3. The van der Waals surface area contributed by atoms with Gasteiger partial charge in [0, 0.05) is 12.1 Å². The second kappa shape index (κ2) is 2.88. The van der Waals surface area contributed by atoms with Gasteiger partial charge in [0.15, 0.2) is 5.75 Å². The van der Waals surface area contributed by atoms with Gasteiger partial charge in [-0.2, -0.15) is 0 Å². The maximum atomic E-state index is 9.28. The summed E-state index contributed by atoms with van der Waals surface area (Å²) in [5.41, 5.74) is 6.24. The third-order valence-electron chi connectivity index (χ3n) is 1.37. The summed E-state index contributed by atoms with van der Waals surface area (Å²) >= 11 is 5.67. The maximum absolute atomic E-state index is 9.28. The number of aromatic hydroxyl groups is 1. The van der Waals surface area contributed by atoms with Crippen LogP contribution in [-0.4, -0.2) is 12.2 Å². The summed E-state index contributed by atoms with van der Waals surface area (Å²) < 4.78 is 0. The fourth-order valence-corrected chi connectivity index (χ4v) is 1.04. The van der Waals surface area contributed by atoms with Gasteiger partial charge in [-0.1, -0.05) is 11.6 Å². The summed E-state index contributed by atoms with van der Waals surface area (Å²) in [5, 5.41) is 12.5. The third-order valence-corrected chi connectivity index (χ3v) is 1.59. The minimum Gasteiger partial charge on any atom is -0.504 e. The van der Waals surface area contributed by atoms with Gasteiger partial charge in [0.1, 0.15) is 0 Å². The second-order valence-electron chi connectivity index (χ2n) is 2.14. The van der Waals surface area contributed by atoms with Crippen LogP contribution < -0.4 is 11.1 Å². The van der Waals surface area contributed by atoms with Crippen LogP contribution >= 0.6 is 11.6 Å². The van der Waals surface area contributed by atoms with Crippen molar-refractivity contribution in [3.8, 4) is 5.75 Å². The first kappa shape index (κ1) is 8.01. The van der Waals surface area contributed by atoms with Gasteiger partial charge in [-0.3, -0.25) is 0 Å². The molecule has 3 nitrogen and oxygen atoms in total. The first-order valence-electron chi connectivity index (χ1n) is 3.11. The topological polar surface area (TPSA) is 58.3 Å². The number of nitrogens with two attached hydrogens (primary N) is 1. The van der Waals surface area contributed by atoms with Crippen molar-refractivity contribution in [1.29, 1.82) is 0 Å². The lowest BCUT2D eigenvalue weighted by Crippen LogP contribution is -1.92. The van der Waals surface area contributed by atoms with E-state index >= 15 is 0 Å². The molecule has 0 unspecified atom stereocenters. The lowest BCUT2D eigenvalue weighted by molar-refractivity contribution is 0.480.